The number of aromatic nitrogens is 4. The topological polar surface area (TPSA) is 72.7 Å². The second-order valence-electron chi connectivity index (χ2n) is 2.51. The first kappa shape index (κ1) is 8.82. The van der Waals surface area contributed by atoms with Crippen LogP contribution in [0.1, 0.15) is 10.5 Å². The Bertz CT molecular complexity index is 435. The Kier molecular flexibility index (Phi) is 2.23. The van der Waals surface area contributed by atoms with Crippen LogP contribution in [0.15, 0.2) is 17.8 Å². The van der Waals surface area contributed by atoms with Crippen LogP contribution in [0.2, 0.25) is 0 Å². The summed E-state index contributed by atoms with van der Waals surface area (Å²) < 4.78 is 0. The third-order valence-corrected chi connectivity index (χ3v) is 2.17. The maximum atomic E-state index is 11.5. The SMILES string of the molecule is Cn1ncc(C(=O)Nc2nccs2)n1. The molecule has 2 aromatic heterocycles. The molecule has 7 heteroatoms. The summed E-state index contributed by atoms with van der Waals surface area (Å²) in [4.78, 5) is 16.7. The number of carbonyl (C=O) groups excluding carboxylic acids is 1. The number of anilines is 1. The molecule has 0 fully saturated rings. The van der Waals surface area contributed by atoms with Crippen LogP contribution in [0.25, 0.3) is 0 Å². The molecule has 1 amide bonds. The lowest BCUT2D eigenvalue weighted by atomic mass is 10.4. The van der Waals surface area contributed by atoms with E-state index in [4.69, 9.17) is 0 Å². The molecule has 0 aliphatic heterocycles. The largest absolute Gasteiger partial charge is 0.296 e. The lowest BCUT2D eigenvalue weighted by molar-refractivity contribution is 0.102. The fraction of sp³-hybridized carbons (Fsp3) is 0.143. The third-order valence-electron chi connectivity index (χ3n) is 1.49. The van der Waals surface area contributed by atoms with Gasteiger partial charge >= 0.3 is 0 Å². The van der Waals surface area contributed by atoms with Gasteiger partial charge in [0, 0.05) is 18.6 Å². The molecule has 6 nitrogen and oxygen atoms in total. The molecule has 0 radical (unpaired) electrons. The van der Waals surface area contributed by atoms with Crippen LogP contribution in [-0.4, -0.2) is 25.9 Å². The smallest absolute Gasteiger partial charge is 0.279 e. The number of hydrogen-bond acceptors (Lipinski definition) is 5. The lowest BCUT2D eigenvalue weighted by Gasteiger charge is -1.95. The highest BCUT2D eigenvalue weighted by Crippen LogP contribution is 2.10. The zero-order valence-corrected chi connectivity index (χ0v) is 8.15. The molecule has 0 unspecified atom stereocenters. The standard InChI is InChI=1S/C7H7N5OS/c1-12-9-4-5(11-12)6(13)10-7-8-2-3-14-7/h2-4H,1H3,(H,8,10,13). The summed E-state index contributed by atoms with van der Waals surface area (Å²) in [5, 5.41) is 12.6. The van der Waals surface area contributed by atoms with Crippen LogP contribution in [0.5, 0.6) is 0 Å². The molecule has 2 rings (SSSR count). The predicted molar refractivity (Wildman–Crippen MR) is 51.1 cm³/mol. The van der Waals surface area contributed by atoms with Crippen molar-refractivity contribution in [3.8, 4) is 0 Å². The Balaban J connectivity index is 2.10. The highest BCUT2D eigenvalue weighted by Gasteiger charge is 2.10. The summed E-state index contributed by atoms with van der Waals surface area (Å²) in [6, 6.07) is 0. The zero-order chi connectivity index (χ0) is 9.97. The van der Waals surface area contributed by atoms with Crippen molar-refractivity contribution in [1.82, 2.24) is 20.0 Å². The van der Waals surface area contributed by atoms with E-state index < -0.39 is 0 Å². The minimum Gasteiger partial charge on any atom is -0.296 e. The highest BCUT2D eigenvalue weighted by molar-refractivity contribution is 7.13. The first-order valence-electron chi connectivity index (χ1n) is 3.83. The number of rotatable bonds is 2. The van der Waals surface area contributed by atoms with Crippen molar-refractivity contribution >= 4 is 22.4 Å². The number of nitrogens with one attached hydrogen (secondary N) is 1. The van der Waals surface area contributed by atoms with Crippen molar-refractivity contribution in [2.75, 3.05) is 5.32 Å². The van der Waals surface area contributed by atoms with Gasteiger partial charge in [0.05, 0.1) is 6.20 Å². The molecule has 14 heavy (non-hydrogen) atoms. The van der Waals surface area contributed by atoms with Gasteiger partial charge in [-0.15, -0.1) is 16.4 Å². The highest BCUT2D eigenvalue weighted by atomic mass is 32.1. The molecule has 0 saturated heterocycles. The molecule has 0 atom stereocenters. The molecule has 0 aliphatic rings. The van der Waals surface area contributed by atoms with Crippen molar-refractivity contribution in [2.24, 2.45) is 7.05 Å². The zero-order valence-electron chi connectivity index (χ0n) is 7.34. The Morgan fingerprint density at radius 1 is 1.64 bits per heavy atom. The summed E-state index contributed by atoms with van der Waals surface area (Å²) in [7, 11) is 1.65. The molecular weight excluding hydrogens is 202 g/mol. The minimum absolute atomic E-state index is 0.280. The van der Waals surface area contributed by atoms with E-state index in [1.165, 1.54) is 22.3 Å². The average molecular weight is 209 g/mol. The second-order valence-corrected chi connectivity index (χ2v) is 3.41. The molecule has 72 valence electrons. The number of nitrogens with zero attached hydrogens (tertiary/aromatic N) is 4. The van der Waals surface area contributed by atoms with Crippen LogP contribution < -0.4 is 5.32 Å². The summed E-state index contributed by atoms with van der Waals surface area (Å²) in [5.74, 6) is -0.298. The normalized spacial score (nSPS) is 10.1. The van der Waals surface area contributed by atoms with Crippen LogP contribution >= 0.6 is 11.3 Å². The summed E-state index contributed by atoms with van der Waals surface area (Å²) in [6.07, 6.45) is 3.03. The molecule has 0 aliphatic carbocycles. The monoisotopic (exact) mass is 209 g/mol. The average Bonchev–Trinajstić information content (AvgIpc) is 2.75. The van der Waals surface area contributed by atoms with E-state index in [1.807, 2.05) is 0 Å². The molecule has 0 spiro atoms. The molecule has 1 N–H and O–H groups in total. The number of carbonyl (C=O) groups is 1. The van der Waals surface area contributed by atoms with Crippen LogP contribution in [0, 0.1) is 0 Å². The van der Waals surface area contributed by atoms with Gasteiger partial charge in [0.1, 0.15) is 0 Å². The molecule has 2 heterocycles. The molecule has 0 saturated carbocycles. The van der Waals surface area contributed by atoms with E-state index in [-0.39, 0.29) is 11.6 Å². The van der Waals surface area contributed by atoms with E-state index in [9.17, 15) is 4.79 Å². The Morgan fingerprint density at radius 2 is 2.50 bits per heavy atom. The quantitative estimate of drug-likeness (QED) is 0.782. The molecule has 0 bridgehead atoms. The van der Waals surface area contributed by atoms with Gasteiger partial charge < -0.3 is 0 Å². The number of aryl methyl sites for hydroxylation is 1. The predicted octanol–water partition coefficient (Wildman–Crippen LogP) is 0.524. The van der Waals surface area contributed by atoms with Crippen molar-refractivity contribution in [2.45, 2.75) is 0 Å². The van der Waals surface area contributed by atoms with E-state index in [0.717, 1.165) is 0 Å². The van der Waals surface area contributed by atoms with Crippen LogP contribution in [-0.2, 0) is 7.05 Å². The number of thiazole rings is 1. The van der Waals surface area contributed by atoms with Gasteiger partial charge in [-0.05, 0) is 0 Å². The van der Waals surface area contributed by atoms with E-state index in [2.05, 4.69) is 20.5 Å². The van der Waals surface area contributed by atoms with E-state index in [0.29, 0.717) is 5.13 Å². The van der Waals surface area contributed by atoms with Gasteiger partial charge in [-0.3, -0.25) is 10.1 Å². The van der Waals surface area contributed by atoms with Gasteiger partial charge in [0.25, 0.3) is 5.91 Å². The van der Waals surface area contributed by atoms with E-state index in [1.54, 1.807) is 18.6 Å². The van der Waals surface area contributed by atoms with E-state index >= 15 is 0 Å². The van der Waals surface area contributed by atoms with Crippen LogP contribution in [0.3, 0.4) is 0 Å². The Morgan fingerprint density at radius 3 is 3.07 bits per heavy atom. The maximum absolute atomic E-state index is 11.5. The fourth-order valence-electron chi connectivity index (χ4n) is 0.896. The fourth-order valence-corrected chi connectivity index (χ4v) is 1.42. The lowest BCUT2D eigenvalue weighted by Crippen LogP contribution is -2.12. The second kappa shape index (κ2) is 3.54. The van der Waals surface area contributed by atoms with Crippen molar-refractivity contribution in [3.63, 3.8) is 0 Å². The van der Waals surface area contributed by atoms with Gasteiger partial charge in [0.15, 0.2) is 10.8 Å². The molecule has 2 aromatic rings. The van der Waals surface area contributed by atoms with Gasteiger partial charge in [0.2, 0.25) is 0 Å². The van der Waals surface area contributed by atoms with Gasteiger partial charge in [-0.1, -0.05) is 0 Å². The number of amides is 1. The third kappa shape index (κ3) is 1.77. The Labute approximate surface area is 83.6 Å². The summed E-state index contributed by atoms with van der Waals surface area (Å²) in [5.41, 5.74) is 0.280. The molecular formula is C7H7N5OS. The molecule has 0 aromatic carbocycles. The number of hydrogen-bond donors (Lipinski definition) is 1. The van der Waals surface area contributed by atoms with Crippen molar-refractivity contribution < 1.29 is 4.79 Å². The first-order valence-corrected chi connectivity index (χ1v) is 4.71. The van der Waals surface area contributed by atoms with Gasteiger partial charge in [-0.25, -0.2) is 4.98 Å². The minimum atomic E-state index is -0.298. The maximum Gasteiger partial charge on any atom is 0.279 e. The Hall–Kier alpha value is -1.76. The van der Waals surface area contributed by atoms with Crippen molar-refractivity contribution in [1.29, 1.82) is 0 Å². The van der Waals surface area contributed by atoms with Crippen molar-refractivity contribution in [3.05, 3.63) is 23.5 Å². The van der Waals surface area contributed by atoms with Crippen LogP contribution in [0.4, 0.5) is 5.13 Å². The van der Waals surface area contributed by atoms with Gasteiger partial charge in [-0.2, -0.15) is 9.90 Å². The summed E-state index contributed by atoms with van der Waals surface area (Å²) >= 11 is 1.35. The summed E-state index contributed by atoms with van der Waals surface area (Å²) in [6.45, 7) is 0. The first-order chi connectivity index (χ1) is 6.75.